The Labute approximate surface area is 208 Å². The quantitative estimate of drug-likeness (QED) is 0.171. The van der Waals surface area contributed by atoms with Crippen LogP contribution < -0.4 is 5.32 Å². The molecule has 0 saturated heterocycles. The molecule has 0 aliphatic rings. The van der Waals surface area contributed by atoms with Crippen molar-refractivity contribution in [2.45, 2.75) is 12.8 Å². The first-order valence-electron chi connectivity index (χ1n) is 11.4. The lowest BCUT2D eigenvalue weighted by Gasteiger charge is -2.12. The molecule has 0 fully saturated rings. The maximum atomic E-state index is 14.8. The number of fused-ring (bicyclic) bond motifs is 1. The Morgan fingerprint density at radius 2 is 1.59 bits per heavy atom. The summed E-state index contributed by atoms with van der Waals surface area (Å²) in [5.41, 5.74) is 1.06. The van der Waals surface area contributed by atoms with Gasteiger partial charge in [0.25, 0.3) is 5.91 Å². The Balaban J connectivity index is 1.50. The van der Waals surface area contributed by atoms with E-state index in [2.05, 4.69) is 25.3 Å². The third-order valence-electron chi connectivity index (χ3n) is 5.74. The number of nitrogens with zero attached hydrogens (tertiary/aromatic N) is 3. The second-order valence-corrected chi connectivity index (χ2v) is 8.27. The van der Waals surface area contributed by atoms with E-state index in [-0.39, 0.29) is 28.4 Å². The van der Waals surface area contributed by atoms with Crippen LogP contribution in [0.15, 0.2) is 67.0 Å². The number of aromatic amines is 1. The van der Waals surface area contributed by atoms with Gasteiger partial charge in [-0.1, -0.05) is 0 Å². The fourth-order valence-corrected chi connectivity index (χ4v) is 3.89. The Morgan fingerprint density at radius 3 is 2.35 bits per heavy atom. The summed E-state index contributed by atoms with van der Waals surface area (Å²) in [7, 11) is 0. The summed E-state index contributed by atoms with van der Waals surface area (Å²) < 4.78 is 55.9. The van der Waals surface area contributed by atoms with Gasteiger partial charge >= 0.3 is 0 Å². The van der Waals surface area contributed by atoms with Crippen molar-refractivity contribution in [3.05, 3.63) is 102 Å². The van der Waals surface area contributed by atoms with E-state index in [0.29, 0.717) is 48.2 Å². The lowest BCUT2D eigenvalue weighted by molar-refractivity contribution is 0.0953. The minimum Gasteiger partial charge on any atom is -0.352 e. The zero-order chi connectivity index (χ0) is 25.9. The van der Waals surface area contributed by atoms with E-state index in [9.17, 15) is 22.4 Å². The fourth-order valence-electron chi connectivity index (χ4n) is 3.89. The lowest BCUT2D eigenvalue weighted by atomic mass is 10.0. The molecule has 0 unspecified atom stereocenters. The van der Waals surface area contributed by atoms with Gasteiger partial charge in [0.05, 0.1) is 16.7 Å². The minimum atomic E-state index is -1.34. The molecule has 0 atom stereocenters. The number of hydrogen-bond acceptors (Lipinski definition) is 4. The first-order chi connectivity index (χ1) is 17.9. The molecule has 0 spiro atoms. The number of H-pyrrole nitrogens is 1. The number of carbonyl (C=O) groups is 1. The van der Waals surface area contributed by atoms with Gasteiger partial charge in [0.1, 0.15) is 23.2 Å². The average Bonchev–Trinajstić information content (AvgIpc) is 3.42. The number of benzene rings is 3. The van der Waals surface area contributed by atoms with Crippen LogP contribution in [-0.2, 0) is 6.42 Å². The molecule has 6 nitrogen and oxygen atoms in total. The zero-order valence-corrected chi connectivity index (χ0v) is 19.2. The lowest BCUT2D eigenvalue weighted by Crippen LogP contribution is -2.24. The topological polar surface area (TPSA) is 83.6 Å². The summed E-state index contributed by atoms with van der Waals surface area (Å²) in [5, 5.41) is 2.82. The summed E-state index contributed by atoms with van der Waals surface area (Å²) in [5.74, 6) is -3.65. The largest absolute Gasteiger partial charge is 0.352 e. The van der Waals surface area contributed by atoms with Crippen molar-refractivity contribution in [3.63, 3.8) is 0 Å². The summed E-state index contributed by atoms with van der Waals surface area (Å²) in [6, 6.07) is 11.0. The van der Waals surface area contributed by atoms with E-state index in [1.54, 1.807) is 24.5 Å². The van der Waals surface area contributed by atoms with Gasteiger partial charge in [-0.05, 0) is 55.0 Å². The number of imidazole rings is 1. The van der Waals surface area contributed by atoms with E-state index < -0.39 is 23.3 Å². The van der Waals surface area contributed by atoms with Crippen molar-refractivity contribution < 1.29 is 22.4 Å². The molecule has 0 bridgehead atoms. The van der Waals surface area contributed by atoms with E-state index in [1.807, 2.05) is 0 Å². The third kappa shape index (κ3) is 5.18. The van der Waals surface area contributed by atoms with E-state index in [4.69, 9.17) is 0 Å². The summed E-state index contributed by atoms with van der Waals surface area (Å²) in [6.07, 6.45) is 4.73. The van der Waals surface area contributed by atoms with Crippen LogP contribution in [0, 0.1) is 23.3 Å². The molecule has 186 valence electrons. The predicted octanol–water partition coefficient (Wildman–Crippen LogP) is 5.61. The minimum absolute atomic E-state index is 0.0773. The smallest absolute Gasteiger partial charge is 0.251 e. The number of aryl methyl sites for hydroxylation is 1. The van der Waals surface area contributed by atoms with Crippen LogP contribution in [0.5, 0.6) is 0 Å². The van der Waals surface area contributed by atoms with Gasteiger partial charge in [0.15, 0.2) is 11.6 Å². The molecule has 0 aliphatic heterocycles. The molecule has 0 radical (unpaired) electrons. The summed E-state index contributed by atoms with van der Waals surface area (Å²) in [6.45, 7) is 0.415. The van der Waals surface area contributed by atoms with Gasteiger partial charge in [-0.3, -0.25) is 4.79 Å². The predicted molar refractivity (Wildman–Crippen MR) is 129 cm³/mol. The molecule has 2 aromatic heterocycles. The Bertz CT molecular complexity index is 1590. The van der Waals surface area contributed by atoms with Crippen molar-refractivity contribution in [2.24, 2.45) is 0 Å². The second-order valence-electron chi connectivity index (χ2n) is 8.27. The van der Waals surface area contributed by atoms with Crippen LogP contribution in [0.3, 0.4) is 0 Å². The molecule has 0 saturated carbocycles. The summed E-state index contributed by atoms with van der Waals surface area (Å²) >= 11 is 0. The monoisotopic (exact) mass is 505 g/mol. The highest BCUT2D eigenvalue weighted by Gasteiger charge is 2.20. The standard InChI is InChI=1S/C27H19F4N5O/c28-17-6-3-15(4-7-17)25-26(18-13-20(30)21(31)14-19(18)29)36-23-12-16(5-8-22(23)35-25)27(37)34-9-1-2-24-32-10-11-33-24/h3-8,10-14H,1-2,9H2,(H,32,33)(H,34,37). The van der Waals surface area contributed by atoms with Gasteiger partial charge in [-0.15, -0.1) is 0 Å². The van der Waals surface area contributed by atoms with Gasteiger partial charge in [0, 0.05) is 48.1 Å². The van der Waals surface area contributed by atoms with Crippen molar-refractivity contribution in [2.75, 3.05) is 6.54 Å². The number of aromatic nitrogens is 4. The van der Waals surface area contributed by atoms with Crippen LogP contribution in [0.25, 0.3) is 33.5 Å². The molecule has 2 heterocycles. The fraction of sp³-hybridized carbons (Fsp3) is 0.111. The van der Waals surface area contributed by atoms with Gasteiger partial charge in [-0.25, -0.2) is 32.5 Å². The zero-order valence-electron chi connectivity index (χ0n) is 19.2. The van der Waals surface area contributed by atoms with Gasteiger partial charge < -0.3 is 10.3 Å². The molecule has 10 heteroatoms. The number of carbonyl (C=O) groups excluding carboxylic acids is 1. The number of amides is 1. The maximum absolute atomic E-state index is 14.8. The Kier molecular flexibility index (Phi) is 6.63. The summed E-state index contributed by atoms with van der Waals surface area (Å²) in [4.78, 5) is 28.8. The molecule has 5 aromatic rings. The SMILES string of the molecule is O=C(NCCCc1ncc[nH]1)c1ccc2nc(-c3ccc(F)cc3)c(-c3cc(F)c(F)cc3F)nc2c1. The van der Waals surface area contributed by atoms with Gasteiger partial charge in [0.2, 0.25) is 0 Å². The second kappa shape index (κ2) is 10.2. The van der Waals surface area contributed by atoms with Gasteiger partial charge in [-0.2, -0.15) is 0 Å². The van der Waals surface area contributed by atoms with Crippen molar-refractivity contribution in [1.29, 1.82) is 0 Å². The highest BCUT2D eigenvalue weighted by molar-refractivity contribution is 5.98. The average molecular weight is 505 g/mol. The third-order valence-corrected chi connectivity index (χ3v) is 5.74. The molecule has 5 rings (SSSR count). The van der Waals surface area contributed by atoms with Crippen LogP contribution in [0.1, 0.15) is 22.6 Å². The molecule has 0 aliphatic carbocycles. The van der Waals surface area contributed by atoms with E-state index in [1.165, 1.54) is 30.3 Å². The van der Waals surface area contributed by atoms with Crippen LogP contribution in [0.2, 0.25) is 0 Å². The molecular weight excluding hydrogens is 486 g/mol. The highest BCUT2D eigenvalue weighted by Crippen LogP contribution is 2.33. The molecule has 37 heavy (non-hydrogen) atoms. The molecule has 3 aromatic carbocycles. The Hall–Kier alpha value is -4.60. The number of nitrogens with one attached hydrogen (secondary N) is 2. The normalized spacial score (nSPS) is 11.1. The van der Waals surface area contributed by atoms with Crippen molar-refractivity contribution in [3.8, 4) is 22.5 Å². The van der Waals surface area contributed by atoms with Crippen LogP contribution in [-0.4, -0.2) is 32.4 Å². The van der Waals surface area contributed by atoms with E-state index in [0.717, 1.165) is 5.82 Å². The van der Waals surface area contributed by atoms with E-state index >= 15 is 0 Å². The first kappa shape index (κ1) is 24.1. The molecule has 1 amide bonds. The molecular formula is C27H19F4N5O. The Morgan fingerprint density at radius 1 is 0.838 bits per heavy atom. The number of rotatable bonds is 7. The number of hydrogen-bond donors (Lipinski definition) is 2. The van der Waals surface area contributed by atoms with Crippen molar-refractivity contribution in [1.82, 2.24) is 25.3 Å². The highest BCUT2D eigenvalue weighted by atomic mass is 19.2. The molecule has 2 N–H and O–H groups in total. The van der Waals surface area contributed by atoms with Crippen LogP contribution >= 0.6 is 0 Å². The maximum Gasteiger partial charge on any atom is 0.251 e. The first-order valence-corrected chi connectivity index (χ1v) is 11.4. The van der Waals surface area contributed by atoms with Crippen molar-refractivity contribution >= 4 is 16.9 Å². The van der Waals surface area contributed by atoms with Crippen LogP contribution in [0.4, 0.5) is 17.6 Å². The number of halogens is 4.